The molecule has 7 nitrogen and oxygen atoms in total. The normalized spacial score (nSPS) is 10.6. The molecule has 8 heteroatoms. The second kappa shape index (κ2) is 6.40. The zero-order valence-corrected chi connectivity index (χ0v) is 12.5. The Hall–Kier alpha value is -2.35. The molecular formula is C13H15N5O2S. The van der Waals surface area contributed by atoms with Gasteiger partial charge in [0.15, 0.2) is 0 Å². The molecule has 3 N–H and O–H groups in total. The van der Waals surface area contributed by atoms with E-state index in [-0.39, 0.29) is 17.2 Å². The summed E-state index contributed by atoms with van der Waals surface area (Å²) in [4.78, 5) is 26.7. The quantitative estimate of drug-likeness (QED) is 0.858. The highest BCUT2D eigenvalue weighted by Gasteiger charge is 2.11. The first-order valence-corrected chi connectivity index (χ1v) is 7.15. The summed E-state index contributed by atoms with van der Waals surface area (Å²) in [6.45, 7) is 4.36. The van der Waals surface area contributed by atoms with Crippen LogP contribution < -0.4 is 11.1 Å². The molecule has 2 aromatic heterocycles. The molecule has 21 heavy (non-hydrogen) atoms. The summed E-state index contributed by atoms with van der Waals surface area (Å²) in [6.07, 6.45) is 1.28. The summed E-state index contributed by atoms with van der Waals surface area (Å²) in [5.41, 5.74) is 5.59. The van der Waals surface area contributed by atoms with Crippen molar-refractivity contribution in [2.75, 3.05) is 0 Å². The molecule has 0 saturated carbocycles. The van der Waals surface area contributed by atoms with E-state index in [1.165, 1.54) is 29.7 Å². The van der Waals surface area contributed by atoms with Crippen LogP contribution in [0.5, 0.6) is 0 Å². The van der Waals surface area contributed by atoms with Crippen molar-refractivity contribution < 1.29 is 9.59 Å². The van der Waals surface area contributed by atoms with Gasteiger partial charge in [0.25, 0.3) is 5.91 Å². The number of nitrogens with one attached hydrogen (secondary N) is 1. The van der Waals surface area contributed by atoms with Crippen molar-refractivity contribution in [2.45, 2.75) is 26.3 Å². The van der Waals surface area contributed by atoms with Crippen LogP contribution >= 0.6 is 11.3 Å². The predicted molar refractivity (Wildman–Crippen MR) is 77.9 cm³/mol. The first-order chi connectivity index (χ1) is 9.97. The van der Waals surface area contributed by atoms with Gasteiger partial charge in [-0.25, -0.2) is 0 Å². The minimum atomic E-state index is -0.579. The number of aromatic nitrogens is 3. The number of hydrogen-bond donors (Lipinski definition) is 2. The van der Waals surface area contributed by atoms with Gasteiger partial charge in [-0.3, -0.25) is 14.6 Å². The van der Waals surface area contributed by atoms with Crippen molar-refractivity contribution in [3.8, 4) is 0 Å². The van der Waals surface area contributed by atoms with Gasteiger partial charge in [-0.05, 0) is 12.1 Å². The molecule has 0 aliphatic carbocycles. The number of pyridine rings is 1. The van der Waals surface area contributed by atoms with Crippen molar-refractivity contribution in [3.63, 3.8) is 0 Å². The molecule has 0 saturated heterocycles. The van der Waals surface area contributed by atoms with Gasteiger partial charge in [-0.15, -0.1) is 10.2 Å². The third-order valence-electron chi connectivity index (χ3n) is 2.66. The molecule has 0 aliphatic heterocycles. The standard InChI is InChI=1S/C13H15N5O2S/c1-7(2)13-18-17-10(21-13)6-16-12(20)9-4-3-8(5-15-9)11(14)19/h3-5,7H,6H2,1-2H3,(H2,14,19)(H,16,20). The molecule has 0 unspecified atom stereocenters. The Morgan fingerprint density at radius 3 is 2.62 bits per heavy atom. The lowest BCUT2D eigenvalue weighted by Gasteiger charge is -2.02. The van der Waals surface area contributed by atoms with E-state index in [0.29, 0.717) is 12.5 Å². The second-order valence-corrected chi connectivity index (χ2v) is 5.76. The summed E-state index contributed by atoms with van der Waals surface area (Å²) >= 11 is 1.47. The topological polar surface area (TPSA) is 111 Å². The monoisotopic (exact) mass is 305 g/mol. The van der Waals surface area contributed by atoms with Crippen LogP contribution in [-0.2, 0) is 6.54 Å². The molecular weight excluding hydrogens is 290 g/mol. The highest BCUT2D eigenvalue weighted by atomic mass is 32.1. The van der Waals surface area contributed by atoms with Crippen LogP contribution in [0, 0.1) is 0 Å². The average Bonchev–Trinajstić information content (AvgIpc) is 2.94. The molecule has 0 aromatic carbocycles. The van der Waals surface area contributed by atoms with E-state index in [9.17, 15) is 9.59 Å². The minimum absolute atomic E-state index is 0.216. The van der Waals surface area contributed by atoms with Crippen LogP contribution in [0.25, 0.3) is 0 Å². The Morgan fingerprint density at radius 1 is 1.33 bits per heavy atom. The van der Waals surface area contributed by atoms with Crippen LogP contribution in [0.1, 0.15) is 50.6 Å². The third-order valence-corrected chi connectivity index (χ3v) is 3.88. The zero-order valence-electron chi connectivity index (χ0n) is 11.7. The molecule has 0 atom stereocenters. The number of primary amides is 1. The number of rotatable bonds is 5. The van der Waals surface area contributed by atoms with Gasteiger partial charge < -0.3 is 11.1 Å². The maximum atomic E-state index is 11.9. The van der Waals surface area contributed by atoms with Crippen molar-refractivity contribution in [1.82, 2.24) is 20.5 Å². The molecule has 0 fully saturated rings. The first-order valence-electron chi connectivity index (χ1n) is 6.33. The largest absolute Gasteiger partial charge is 0.366 e. The summed E-state index contributed by atoms with van der Waals surface area (Å²) in [6, 6.07) is 2.92. The molecule has 0 radical (unpaired) electrons. The van der Waals surface area contributed by atoms with Crippen molar-refractivity contribution >= 4 is 23.2 Å². The number of hydrogen-bond acceptors (Lipinski definition) is 6. The average molecular weight is 305 g/mol. The predicted octanol–water partition coefficient (Wildman–Crippen LogP) is 1.09. The van der Waals surface area contributed by atoms with Crippen molar-refractivity contribution in [1.29, 1.82) is 0 Å². The van der Waals surface area contributed by atoms with Crippen LogP contribution in [0.4, 0.5) is 0 Å². The van der Waals surface area contributed by atoms with Crippen molar-refractivity contribution in [3.05, 3.63) is 39.6 Å². The van der Waals surface area contributed by atoms with Crippen molar-refractivity contribution in [2.24, 2.45) is 5.73 Å². The third kappa shape index (κ3) is 3.82. The lowest BCUT2D eigenvalue weighted by atomic mass is 10.2. The van der Waals surface area contributed by atoms with Crippen LogP contribution in [0.3, 0.4) is 0 Å². The van der Waals surface area contributed by atoms with Crippen LogP contribution in [-0.4, -0.2) is 27.0 Å². The van der Waals surface area contributed by atoms with E-state index in [1.54, 1.807) is 0 Å². The highest BCUT2D eigenvalue weighted by Crippen LogP contribution is 2.18. The Kier molecular flexibility index (Phi) is 4.59. The SMILES string of the molecule is CC(C)c1nnc(CNC(=O)c2ccc(C(N)=O)cn2)s1. The fourth-order valence-electron chi connectivity index (χ4n) is 1.49. The second-order valence-electron chi connectivity index (χ2n) is 4.67. The molecule has 2 heterocycles. The van der Waals surface area contributed by atoms with E-state index in [4.69, 9.17) is 5.73 Å². The summed E-state index contributed by atoms with van der Waals surface area (Å²) in [5.74, 6) is -0.605. The molecule has 2 amide bonds. The molecule has 2 aromatic rings. The van der Waals surface area contributed by atoms with E-state index in [2.05, 4.69) is 20.5 Å². The fourth-order valence-corrected chi connectivity index (χ4v) is 2.28. The fraction of sp³-hybridized carbons (Fsp3) is 0.308. The number of amides is 2. The number of nitrogens with two attached hydrogens (primary N) is 1. The summed E-state index contributed by atoms with van der Waals surface area (Å²) in [7, 11) is 0. The van der Waals surface area contributed by atoms with Gasteiger partial charge in [0.2, 0.25) is 5.91 Å². The molecule has 110 valence electrons. The smallest absolute Gasteiger partial charge is 0.270 e. The van der Waals surface area contributed by atoms with Gasteiger partial charge in [0.1, 0.15) is 15.7 Å². The molecule has 0 aliphatic rings. The van der Waals surface area contributed by atoms with Crippen LogP contribution in [0.15, 0.2) is 18.3 Å². The lowest BCUT2D eigenvalue weighted by Crippen LogP contribution is -2.24. The van der Waals surface area contributed by atoms with Gasteiger partial charge in [-0.1, -0.05) is 25.2 Å². The first kappa shape index (κ1) is 15.0. The van der Waals surface area contributed by atoms with E-state index in [0.717, 1.165) is 10.0 Å². The van der Waals surface area contributed by atoms with Gasteiger partial charge in [-0.2, -0.15) is 0 Å². The molecule has 2 rings (SSSR count). The van der Waals surface area contributed by atoms with E-state index in [1.807, 2.05) is 13.8 Å². The van der Waals surface area contributed by atoms with Gasteiger partial charge >= 0.3 is 0 Å². The summed E-state index contributed by atoms with van der Waals surface area (Å²) < 4.78 is 0. The highest BCUT2D eigenvalue weighted by molar-refractivity contribution is 7.11. The Balaban J connectivity index is 1.96. The van der Waals surface area contributed by atoms with Gasteiger partial charge in [0, 0.05) is 12.1 Å². The van der Waals surface area contributed by atoms with Crippen LogP contribution in [0.2, 0.25) is 0 Å². The van der Waals surface area contributed by atoms with E-state index < -0.39 is 5.91 Å². The van der Waals surface area contributed by atoms with E-state index >= 15 is 0 Å². The number of carbonyl (C=O) groups is 2. The summed E-state index contributed by atoms with van der Waals surface area (Å²) in [5, 5.41) is 12.4. The molecule has 0 spiro atoms. The lowest BCUT2D eigenvalue weighted by molar-refractivity contribution is 0.0943. The Labute approximate surface area is 125 Å². The Bertz CT molecular complexity index is 651. The number of nitrogens with zero attached hydrogens (tertiary/aromatic N) is 3. The number of carbonyl (C=O) groups excluding carboxylic acids is 2. The van der Waals surface area contributed by atoms with Gasteiger partial charge in [0.05, 0.1) is 12.1 Å². The maximum absolute atomic E-state index is 11.9. The Morgan fingerprint density at radius 2 is 2.10 bits per heavy atom. The molecule has 0 bridgehead atoms. The zero-order chi connectivity index (χ0) is 15.4. The maximum Gasteiger partial charge on any atom is 0.270 e. The minimum Gasteiger partial charge on any atom is -0.366 e.